The van der Waals surface area contributed by atoms with Gasteiger partial charge in [0.2, 0.25) is 0 Å². The minimum Gasteiger partial charge on any atom is -0.329 e. The smallest absolute Gasteiger partial charge is 0.329 e. The van der Waals surface area contributed by atoms with E-state index in [1.54, 1.807) is 0 Å². The van der Waals surface area contributed by atoms with Crippen molar-refractivity contribution >= 4 is 0 Å². The van der Waals surface area contributed by atoms with Crippen LogP contribution in [0.25, 0.3) is 0 Å². The lowest BCUT2D eigenvalue weighted by Gasteiger charge is -2.30. The molecule has 0 saturated heterocycles. The van der Waals surface area contributed by atoms with E-state index in [1.165, 1.54) is 0 Å². The van der Waals surface area contributed by atoms with Gasteiger partial charge in [0.25, 0.3) is 0 Å². The summed E-state index contributed by atoms with van der Waals surface area (Å²) in [7, 11) is 0. The first kappa shape index (κ1) is 13.5. The SMILES string of the molecule is CC(C)OC(F)(C(F)(F)F)C(F)(F)F. The molecule has 0 heterocycles. The number of hydrogen-bond donors (Lipinski definition) is 0. The van der Waals surface area contributed by atoms with Crippen LogP contribution in [0.15, 0.2) is 0 Å². The predicted octanol–water partition coefficient (Wildman–Crippen LogP) is 3.20. The summed E-state index contributed by atoms with van der Waals surface area (Å²) in [5, 5.41) is 0. The lowest BCUT2D eigenvalue weighted by molar-refractivity contribution is -0.436. The van der Waals surface area contributed by atoms with Crippen LogP contribution in [0.4, 0.5) is 30.7 Å². The Morgan fingerprint density at radius 3 is 1.14 bits per heavy atom. The second kappa shape index (κ2) is 3.56. The van der Waals surface area contributed by atoms with E-state index in [4.69, 9.17) is 0 Å². The molecule has 0 aliphatic rings. The Bertz CT molecular complexity index is 177. The summed E-state index contributed by atoms with van der Waals surface area (Å²) in [5.41, 5.74) is 0. The first-order chi connectivity index (χ1) is 5.92. The van der Waals surface area contributed by atoms with Crippen LogP contribution in [-0.2, 0) is 4.74 Å². The van der Waals surface area contributed by atoms with Crippen LogP contribution in [0.3, 0.4) is 0 Å². The number of ether oxygens (including phenoxy) is 1. The van der Waals surface area contributed by atoms with Gasteiger partial charge in [-0.2, -0.15) is 30.7 Å². The standard InChI is InChI=1S/C6H7F7O/c1-3(2)14-4(7,5(8,9)10)6(11,12)13/h3H,1-2H3. The molecule has 0 saturated carbocycles. The number of hydrogen-bond acceptors (Lipinski definition) is 1. The van der Waals surface area contributed by atoms with Crippen LogP contribution in [-0.4, -0.2) is 24.3 Å². The van der Waals surface area contributed by atoms with Gasteiger partial charge < -0.3 is 4.74 Å². The Kier molecular flexibility index (Phi) is 3.42. The van der Waals surface area contributed by atoms with Gasteiger partial charge in [0.15, 0.2) is 0 Å². The molecule has 0 aromatic carbocycles. The molecule has 0 N–H and O–H groups in total. The van der Waals surface area contributed by atoms with Gasteiger partial charge in [0, 0.05) is 0 Å². The summed E-state index contributed by atoms with van der Waals surface area (Å²) < 4.78 is 86.3. The Hall–Kier alpha value is -0.530. The molecule has 0 radical (unpaired) electrons. The first-order valence-corrected chi connectivity index (χ1v) is 3.42. The monoisotopic (exact) mass is 228 g/mol. The summed E-state index contributed by atoms with van der Waals surface area (Å²) in [6.45, 7) is 1.73. The van der Waals surface area contributed by atoms with Crippen LogP contribution in [0.5, 0.6) is 0 Å². The Morgan fingerprint density at radius 1 is 0.786 bits per heavy atom. The van der Waals surface area contributed by atoms with Gasteiger partial charge in [-0.3, -0.25) is 0 Å². The normalized spacial score (nSPS) is 15.0. The molecule has 1 nitrogen and oxygen atoms in total. The van der Waals surface area contributed by atoms with Crippen LogP contribution in [0, 0.1) is 0 Å². The molecule has 0 aliphatic carbocycles. The lowest BCUT2D eigenvalue weighted by atomic mass is 10.2. The molecule has 86 valence electrons. The van der Waals surface area contributed by atoms with E-state index in [9.17, 15) is 30.7 Å². The van der Waals surface area contributed by atoms with Gasteiger partial charge in [0.05, 0.1) is 6.10 Å². The summed E-state index contributed by atoms with van der Waals surface area (Å²) in [4.78, 5) is 0. The predicted molar refractivity (Wildman–Crippen MR) is 32.2 cm³/mol. The van der Waals surface area contributed by atoms with E-state index in [2.05, 4.69) is 4.74 Å². The third-order valence-electron chi connectivity index (χ3n) is 1.13. The van der Waals surface area contributed by atoms with E-state index >= 15 is 0 Å². The fraction of sp³-hybridized carbons (Fsp3) is 1.00. The molecule has 14 heavy (non-hydrogen) atoms. The molecule has 0 unspecified atom stereocenters. The van der Waals surface area contributed by atoms with Crippen molar-refractivity contribution in [1.82, 2.24) is 0 Å². The van der Waals surface area contributed by atoms with E-state index in [0.29, 0.717) is 0 Å². The van der Waals surface area contributed by atoms with Gasteiger partial charge in [-0.05, 0) is 13.8 Å². The minimum absolute atomic E-state index is 0.867. The second-order valence-corrected chi connectivity index (χ2v) is 2.76. The molecule has 0 amide bonds. The van der Waals surface area contributed by atoms with Gasteiger partial charge in [-0.15, -0.1) is 0 Å². The lowest BCUT2D eigenvalue weighted by Crippen LogP contribution is -2.56. The molecule has 0 atom stereocenters. The van der Waals surface area contributed by atoms with E-state index in [0.717, 1.165) is 13.8 Å². The highest BCUT2D eigenvalue weighted by Crippen LogP contribution is 2.47. The molecule has 0 spiro atoms. The maximum Gasteiger partial charge on any atom is 0.458 e. The topological polar surface area (TPSA) is 9.23 Å². The Morgan fingerprint density at radius 2 is 1.07 bits per heavy atom. The zero-order valence-corrected chi connectivity index (χ0v) is 7.13. The van der Waals surface area contributed by atoms with Crippen LogP contribution >= 0.6 is 0 Å². The summed E-state index contributed by atoms with van der Waals surface area (Å²) in [6, 6.07) is 0. The molecule has 0 aromatic rings. The summed E-state index contributed by atoms with van der Waals surface area (Å²) in [6.07, 6.45) is -13.8. The van der Waals surface area contributed by atoms with Crippen LogP contribution in [0.1, 0.15) is 13.8 Å². The number of halogens is 7. The van der Waals surface area contributed by atoms with Gasteiger partial charge >= 0.3 is 18.2 Å². The van der Waals surface area contributed by atoms with Crippen molar-refractivity contribution in [2.45, 2.75) is 38.2 Å². The first-order valence-electron chi connectivity index (χ1n) is 3.42. The fourth-order valence-electron chi connectivity index (χ4n) is 0.619. The highest BCUT2D eigenvalue weighted by molar-refractivity contribution is 4.86. The van der Waals surface area contributed by atoms with Crippen molar-refractivity contribution in [3.8, 4) is 0 Å². The third-order valence-corrected chi connectivity index (χ3v) is 1.13. The fourth-order valence-corrected chi connectivity index (χ4v) is 0.619. The summed E-state index contributed by atoms with van der Waals surface area (Å²) in [5.74, 6) is -5.60. The van der Waals surface area contributed by atoms with Crippen molar-refractivity contribution in [2.75, 3.05) is 0 Å². The average Bonchev–Trinajstić information content (AvgIpc) is 1.79. The quantitative estimate of drug-likeness (QED) is 0.659. The van der Waals surface area contributed by atoms with Crippen molar-refractivity contribution in [3.63, 3.8) is 0 Å². The van der Waals surface area contributed by atoms with E-state index in [-0.39, 0.29) is 0 Å². The zero-order valence-electron chi connectivity index (χ0n) is 7.13. The van der Waals surface area contributed by atoms with Crippen molar-refractivity contribution in [2.24, 2.45) is 0 Å². The molecular weight excluding hydrogens is 221 g/mol. The molecule has 0 rings (SSSR count). The zero-order chi connectivity index (χ0) is 11.8. The van der Waals surface area contributed by atoms with Gasteiger partial charge in [-0.1, -0.05) is 0 Å². The second-order valence-electron chi connectivity index (χ2n) is 2.76. The number of alkyl halides is 7. The maximum atomic E-state index is 12.6. The highest BCUT2D eigenvalue weighted by atomic mass is 19.4. The molecular formula is C6H7F7O. The van der Waals surface area contributed by atoms with E-state index < -0.39 is 24.3 Å². The Labute approximate surface area is 74.8 Å². The van der Waals surface area contributed by atoms with Crippen LogP contribution in [0.2, 0.25) is 0 Å². The maximum absolute atomic E-state index is 12.6. The van der Waals surface area contributed by atoms with E-state index in [1.807, 2.05) is 0 Å². The van der Waals surface area contributed by atoms with Crippen molar-refractivity contribution in [1.29, 1.82) is 0 Å². The molecule has 8 heteroatoms. The Balaban J connectivity index is 5.07. The summed E-state index contributed by atoms with van der Waals surface area (Å²) >= 11 is 0. The molecule has 0 aliphatic heterocycles. The van der Waals surface area contributed by atoms with Gasteiger partial charge in [-0.25, -0.2) is 0 Å². The third kappa shape index (κ3) is 2.49. The highest BCUT2D eigenvalue weighted by Gasteiger charge is 2.74. The van der Waals surface area contributed by atoms with Crippen molar-refractivity contribution < 1.29 is 35.5 Å². The molecule has 0 fully saturated rings. The minimum atomic E-state index is -6.14. The average molecular weight is 228 g/mol. The number of rotatable bonds is 2. The molecule has 0 bridgehead atoms. The van der Waals surface area contributed by atoms with Crippen molar-refractivity contribution in [3.05, 3.63) is 0 Å². The van der Waals surface area contributed by atoms with Gasteiger partial charge in [0.1, 0.15) is 0 Å². The molecule has 0 aromatic heterocycles. The largest absolute Gasteiger partial charge is 0.458 e. The van der Waals surface area contributed by atoms with Crippen LogP contribution < -0.4 is 0 Å².